The van der Waals surface area contributed by atoms with Gasteiger partial charge in [0.25, 0.3) is 0 Å². The van der Waals surface area contributed by atoms with Crippen molar-refractivity contribution in [3.05, 3.63) is 11.6 Å². The van der Waals surface area contributed by atoms with Crippen LogP contribution in [0.15, 0.2) is 11.6 Å². The third-order valence-corrected chi connectivity index (χ3v) is 9.15. The normalized spacial score (nSPS) is 20.0. The first-order valence-corrected chi connectivity index (χ1v) is 11.4. The maximum Gasteiger partial charge on any atom is 0.411 e. The molecule has 0 N–H and O–H groups in total. The third kappa shape index (κ3) is 5.45. The summed E-state index contributed by atoms with van der Waals surface area (Å²) in [6, 6.07) is -0.258. The van der Waals surface area contributed by atoms with E-state index in [1.54, 1.807) is 6.08 Å². The highest BCUT2D eigenvalue weighted by molar-refractivity contribution is 6.74. The van der Waals surface area contributed by atoms with Gasteiger partial charge >= 0.3 is 6.09 Å². The summed E-state index contributed by atoms with van der Waals surface area (Å²) in [5.74, 6) is -0.0815. The fraction of sp³-hybridized carbons (Fsp3) is 0.778. The Morgan fingerprint density at radius 1 is 1.25 bits per heavy atom. The monoisotopic (exact) mass is 355 g/mol. The molecule has 1 amide bonds. The highest BCUT2D eigenvalue weighted by atomic mass is 28.4. The quantitative estimate of drug-likeness (QED) is 0.714. The van der Waals surface area contributed by atoms with Gasteiger partial charge in [-0.1, -0.05) is 20.8 Å². The molecule has 0 spiro atoms. The van der Waals surface area contributed by atoms with Crippen LogP contribution in [0.4, 0.5) is 4.79 Å². The molecule has 0 aliphatic carbocycles. The van der Waals surface area contributed by atoms with Gasteiger partial charge in [0.05, 0.1) is 19.2 Å². The summed E-state index contributed by atoms with van der Waals surface area (Å²) in [6.07, 6.45) is 1.15. The second-order valence-corrected chi connectivity index (χ2v) is 13.9. The van der Waals surface area contributed by atoms with E-state index < -0.39 is 20.0 Å². The lowest BCUT2D eigenvalue weighted by molar-refractivity contribution is -0.117. The van der Waals surface area contributed by atoms with E-state index in [1.807, 2.05) is 27.7 Å². The van der Waals surface area contributed by atoms with E-state index in [1.165, 1.54) is 4.90 Å². The zero-order valence-corrected chi connectivity index (χ0v) is 17.6. The maximum absolute atomic E-state index is 12.5. The Kier molecular flexibility index (Phi) is 6.10. The Labute approximate surface area is 147 Å². The van der Waals surface area contributed by atoms with Gasteiger partial charge in [-0.05, 0) is 57.5 Å². The average molecular weight is 356 g/mol. The minimum Gasteiger partial charge on any atom is -0.444 e. The lowest BCUT2D eigenvalue weighted by atomic mass is 10.0. The molecule has 24 heavy (non-hydrogen) atoms. The minimum absolute atomic E-state index is 0.0395. The number of carbonyl (C=O) groups is 2. The average Bonchev–Trinajstić information content (AvgIpc) is 2.33. The summed E-state index contributed by atoms with van der Waals surface area (Å²) in [7, 11) is -1.94. The lowest BCUT2D eigenvalue weighted by Gasteiger charge is -2.40. The van der Waals surface area contributed by atoms with E-state index in [0.717, 1.165) is 5.57 Å². The zero-order valence-electron chi connectivity index (χ0n) is 16.6. The summed E-state index contributed by atoms with van der Waals surface area (Å²) in [6.45, 7) is 18.7. The molecular formula is C18H33NO4Si. The van der Waals surface area contributed by atoms with Crippen LogP contribution in [0.5, 0.6) is 0 Å². The van der Waals surface area contributed by atoms with Gasteiger partial charge < -0.3 is 9.16 Å². The molecule has 0 aromatic carbocycles. The van der Waals surface area contributed by atoms with Gasteiger partial charge in [-0.25, -0.2) is 4.79 Å². The van der Waals surface area contributed by atoms with E-state index in [2.05, 4.69) is 33.9 Å². The third-order valence-electron chi connectivity index (χ3n) is 4.65. The van der Waals surface area contributed by atoms with E-state index in [-0.39, 0.29) is 23.4 Å². The molecule has 1 aliphatic heterocycles. The van der Waals surface area contributed by atoms with E-state index in [9.17, 15) is 9.59 Å². The number of ketones is 1. The number of nitrogens with zero attached hydrogens (tertiary/aromatic N) is 1. The largest absolute Gasteiger partial charge is 0.444 e. The molecule has 1 aliphatic rings. The van der Waals surface area contributed by atoms with Crippen LogP contribution in [0.25, 0.3) is 0 Å². The maximum atomic E-state index is 12.5. The van der Waals surface area contributed by atoms with Crippen LogP contribution in [-0.4, -0.2) is 49.9 Å². The lowest BCUT2D eigenvalue weighted by Crippen LogP contribution is -2.52. The van der Waals surface area contributed by atoms with Crippen molar-refractivity contribution in [3.8, 4) is 0 Å². The predicted molar refractivity (Wildman–Crippen MR) is 98.6 cm³/mol. The molecule has 1 heterocycles. The van der Waals surface area contributed by atoms with Gasteiger partial charge in [0.1, 0.15) is 5.60 Å². The number of hydrogen-bond acceptors (Lipinski definition) is 4. The fourth-order valence-electron chi connectivity index (χ4n) is 2.16. The van der Waals surface area contributed by atoms with E-state index in [4.69, 9.17) is 9.16 Å². The molecule has 1 atom stereocenters. The Morgan fingerprint density at radius 3 is 2.25 bits per heavy atom. The Bertz CT molecular complexity index is 526. The van der Waals surface area contributed by atoms with Gasteiger partial charge in [0.2, 0.25) is 0 Å². The smallest absolute Gasteiger partial charge is 0.411 e. The van der Waals surface area contributed by atoms with Gasteiger partial charge in [-0.3, -0.25) is 9.69 Å². The van der Waals surface area contributed by atoms with Crippen molar-refractivity contribution in [2.24, 2.45) is 0 Å². The first-order chi connectivity index (χ1) is 10.6. The van der Waals surface area contributed by atoms with Crippen LogP contribution in [0.1, 0.15) is 48.5 Å². The Balaban J connectivity index is 2.96. The molecule has 1 rings (SSSR count). The van der Waals surface area contributed by atoms with Gasteiger partial charge in [-0.2, -0.15) is 0 Å². The molecule has 5 nitrogen and oxygen atoms in total. The summed E-state index contributed by atoms with van der Waals surface area (Å²) in [5.41, 5.74) is 0.246. The van der Waals surface area contributed by atoms with Crippen molar-refractivity contribution in [1.82, 2.24) is 4.90 Å². The van der Waals surface area contributed by atoms with Crippen LogP contribution in [0.2, 0.25) is 18.1 Å². The van der Waals surface area contributed by atoms with Crippen LogP contribution in [-0.2, 0) is 14.0 Å². The molecule has 1 unspecified atom stereocenters. The fourth-order valence-corrected chi connectivity index (χ4v) is 3.16. The number of amides is 1. The van der Waals surface area contributed by atoms with Crippen LogP contribution >= 0.6 is 0 Å². The molecular weight excluding hydrogens is 322 g/mol. The topological polar surface area (TPSA) is 55.8 Å². The van der Waals surface area contributed by atoms with Crippen molar-refractivity contribution in [2.75, 3.05) is 13.2 Å². The minimum atomic E-state index is -1.94. The van der Waals surface area contributed by atoms with Gasteiger partial charge in [0, 0.05) is 0 Å². The molecule has 0 radical (unpaired) electrons. The van der Waals surface area contributed by atoms with Gasteiger partial charge in [-0.15, -0.1) is 0 Å². The summed E-state index contributed by atoms with van der Waals surface area (Å²) < 4.78 is 11.8. The second-order valence-electron chi connectivity index (χ2n) is 9.05. The number of ether oxygens (including phenoxy) is 1. The molecule has 0 saturated heterocycles. The highest BCUT2D eigenvalue weighted by Gasteiger charge is 2.40. The zero-order chi connectivity index (χ0) is 18.9. The van der Waals surface area contributed by atoms with Crippen molar-refractivity contribution in [3.63, 3.8) is 0 Å². The van der Waals surface area contributed by atoms with Crippen molar-refractivity contribution < 1.29 is 18.8 Å². The summed E-state index contributed by atoms with van der Waals surface area (Å²) in [4.78, 5) is 25.9. The predicted octanol–water partition coefficient (Wildman–Crippen LogP) is 4.14. The van der Waals surface area contributed by atoms with E-state index in [0.29, 0.717) is 6.61 Å². The molecule has 0 bridgehead atoms. The first kappa shape index (κ1) is 20.9. The van der Waals surface area contributed by atoms with Crippen LogP contribution in [0, 0.1) is 0 Å². The molecule has 0 saturated carbocycles. The number of hydrogen-bond donors (Lipinski definition) is 0. The first-order valence-electron chi connectivity index (χ1n) is 8.49. The standard InChI is InChI=1S/C18H33NO4Si/c1-13-10-14(20)11-19(16(21)23-17(2,3)4)15(13)12-22-24(8,9)18(5,6)7/h10,15H,11-12H2,1-9H3. The molecule has 0 aromatic heterocycles. The number of rotatable bonds is 3. The van der Waals surface area contributed by atoms with Crippen molar-refractivity contribution in [1.29, 1.82) is 0 Å². The Morgan fingerprint density at radius 2 is 1.79 bits per heavy atom. The van der Waals surface area contributed by atoms with Crippen molar-refractivity contribution >= 4 is 20.2 Å². The summed E-state index contributed by atoms with van der Waals surface area (Å²) in [5, 5.41) is 0.0891. The summed E-state index contributed by atoms with van der Waals surface area (Å²) >= 11 is 0. The number of carbonyl (C=O) groups excluding carboxylic acids is 2. The van der Waals surface area contributed by atoms with E-state index >= 15 is 0 Å². The van der Waals surface area contributed by atoms with Crippen molar-refractivity contribution in [2.45, 2.75) is 78.2 Å². The SMILES string of the molecule is CC1=CC(=O)CN(C(=O)OC(C)(C)C)C1CO[Si](C)(C)C(C)(C)C. The van der Waals surface area contributed by atoms with Crippen LogP contribution in [0.3, 0.4) is 0 Å². The molecule has 138 valence electrons. The molecule has 0 aromatic rings. The van der Waals surface area contributed by atoms with Crippen LogP contribution < -0.4 is 0 Å². The second kappa shape index (κ2) is 7.00. The van der Waals surface area contributed by atoms with Gasteiger partial charge in [0.15, 0.2) is 14.1 Å². The highest BCUT2D eigenvalue weighted by Crippen LogP contribution is 2.37. The Hall–Kier alpha value is -1.14. The molecule has 0 fully saturated rings. The molecule has 6 heteroatoms.